The number of ketones is 1. The molecule has 2 aliphatic heterocycles. The van der Waals surface area contributed by atoms with Crippen LogP contribution in [0.3, 0.4) is 0 Å². The molecule has 2 N–H and O–H groups in total. The molecule has 0 saturated carbocycles. The van der Waals surface area contributed by atoms with E-state index in [4.69, 9.17) is 0 Å². The Morgan fingerprint density at radius 1 is 1.31 bits per heavy atom. The maximum atomic E-state index is 13.7. The fourth-order valence-corrected chi connectivity index (χ4v) is 5.96. The Hall–Kier alpha value is -1.94. The molecule has 140 valence electrons. The predicted octanol–water partition coefficient (Wildman–Crippen LogP) is 1.78. The van der Waals surface area contributed by atoms with E-state index in [-0.39, 0.29) is 12.0 Å². The number of rotatable bonds is 6. The third-order valence-electron chi connectivity index (χ3n) is 4.73. The summed E-state index contributed by atoms with van der Waals surface area (Å²) in [7, 11) is 0. The number of Topliss-reactive ketones (excluding diaryl/α,β-unsaturated/α-hetero) is 1. The summed E-state index contributed by atoms with van der Waals surface area (Å²) in [4.78, 5) is 49.1. The average Bonchev–Trinajstić information content (AvgIpc) is 3.04. The average molecular weight is 401 g/mol. The molecule has 0 spiro atoms. The Morgan fingerprint density at radius 3 is 2.46 bits per heavy atom. The number of carbonyl (C=O) groups is 4. The van der Waals surface area contributed by atoms with Gasteiger partial charge >= 0.3 is 11.9 Å². The molecule has 0 bridgehead atoms. The van der Waals surface area contributed by atoms with E-state index in [9.17, 15) is 33.8 Å². The number of carboxylic acids is 2. The zero-order chi connectivity index (χ0) is 19.4. The lowest BCUT2D eigenvalue weighted by atomic mass is 9.84. The van der Waals surface area contributed by atoms with Gasteiger partial charge in [0.2, 0.25) is 5.91 Å². The topological polar surface area (TPSA) is 112 Å². The summed E-state index contributed by atoms with van der Waals surface area (Å²) in [6.07, 6.45) is -0.359. The quantitative estimate of drug-likeness (QED) is 0.552. The summed E-state index contributed by atoms with van der Waals surface area (Å²) in [5.74, 6) is -7.06. The maximum Gasteiger partial charge on any atom is 0.327 e. The molecule has 2 saturated heterocycles. The highest BCUT2D eigenvalue weighted by molar-refractivity contribution is 8.01. The number of carbonyl (C=O) groups excluding carboxylic acids is 2. The van der Waals surface area contributed by atoms with Crippen LogP contribution < -0.4 is 0 Å². The van der Waals surface area contributed by atoms with E-state index in [1.165, 1.54) is 22.0 Å². The number of halogens is 1. The monoisotopic (exact) mass is 401 g/mol. The van der Waals surface area contributed by atoms with Crippen molar-refractivity contribution < 1.29 is 33.8 Å². The molecule has 4 atom stereocenters. The lowest BCUT2D eigenvalue weighted by Gasteiger charge is -2.43. The summed E-state index contributed by atoms with van der Waals surface area (Å²) in [5.41, 5.74) is -0.209. The van der Waals surface area contributed by atoms with Gasteiger partial charge in [-0.3, -0.25) is 14.4 Å². The number of amides is 1. The molecule has 3 rings (SSSR count). The smallest absolute Gasteiger partial charge is 0.327 e. The van der Waals surface area contributed by atoms with Gasteiger partial charge in [0.15, 0.2) is 5.78 Å². The van der Waals surface area contributed by atoms with Gasteiger partial charge < -0.3 is 15.1 Å². The highest BCUT2D eigenvalue weighted by Crippen LogP contribution is 2.54. The van der Waals surface area contributed by atoms with Crippen LogP contribution >= 0.6 is 23.1 Å². The summed E-state index contributed by atoms with van der Waals surface area (Å²) < 4.78 is 13.0. The summed E-state index contributed by atoms with van der Waals surface area (Å²) >= 11 is 2.23. The number of fused-ring (bicyclic) bond motifs is 1. The number of thioether (sulfide) groups is 1. The van der Waals surface area contributed by atoms with Crippen LogP contribution in [-0.4, -0.2) is 54.9 Å². The predicted molar refractivity (Wildman–Crippen MR) is 91.5 cm³/mol. The zero-order valence-corrected chi connectivity index (χ0v) is 15.5. The van der Waals surface area contributed by atoms with Crippen LogP contribution in [0.15, 0.2) is 10.8 Å². The highest BCUT2D eigenvalue weighted by atomic mass is 32.2. The van der Waals surface area contributed by atoms with E-state index in [1.54, 1.807) is 13.8 Å². The van der Waals surface area contributed by atoms with Crippen molar-refractivity contribution in [2.75, 3.05) is 0 Å². The Labute approximate surface area is 156 Å². The van der Waals surface area contributed by atoms with E-state index in [0.717, 1.165) is 16.7 Å². The fourth-order valence-electron chi connectivity index (χ4n) is 3.55. The molecule has 1 aromatic rings. The molecular weight excluding hydrogens is 385 g/mol. The first-order valence-corrected chi connectivity index (χ1v) is 9.58. The number of thiophene rings is 1. The number of hydrogen-bond acceptors (Lipinski definition) is 6. The van der Waals surface area contributed by atoms with Gasteiger partial charge in [-0.05, 0) is 19.2 Å². The first-order valence-electron chi connectivity index (χ1n) is 7.76. The summed E-state index contributed by atoms with van der Waals surface area (Å²) in [6, 6.07) is -0.999. The number of nitrogens with zero attached hydrogens (tertiary/aromatic N) is 1. The van der Waals surface area contributed by atoms with E-state index < -0.39 is 57.4 Å². The van der Waals surface area contributed by atoms with Gasteiger partial charge in [0.05, 0.1) is 11.3 Å². The minimum atomic E-state index is -1.67. The van der Waals surface area contributed by atoms with Crippen LogP contribution in [0.1, 0.15) is 31.7 Å². The van der Waals surface area contributed by atoms with Crippen molar-refractivity contribution in [1.82, 2.24) is 4.90 Å². The lowest BCUT2D eigenvalue weighted by molar-refractivity contribution is -0.164. The third-order valence-corrected chi connectivity index (χ3v) is 7.09. The molecule has 3 heterocycles. The van der Waals surface area contributed by atoms with E-state index in [1.807, 2.05) is 0 Å². The van der Waals surface area contributed by atoms with E-state index in [2.05, 4.69) is 0 Å². The molecule has 7 nitrogen and oxygen atoms in total. The van der Waals surface area contributed by atoms with Crippen molar-refractivity contribution in [3.05, 3.63) is 22.1 Å². The molecule has 26 heavy (non-hydrogen) atoms. The Balaban J connectivity index is 1.79. The molecule has 10 heteroatoms. The molecule has 0 aliphatic carbocycles. The number of carboxylic acid groups (broad SMARTS) is 2. The Morgan fingerprint density at radius 2 is 1.96 bits per heavy atom. The van der Waals surface area contributed by atoms with Crippen LogP contribution in [0.25, 0.3) is 0 Å². The second kappa shape index (κ2) is 6.34. The van der Waals surface area contributed by atoms with Crippen molar-refractivity contribution in [1.29, 1.82) is 0 Å². The van der Waals surface area contributed by atoms with Gasteiger partial charge in [-0.25, -0.2) is 9.18 Å². The largest absolute Gasteiger partial charge is 0.480 e. The Kier molecular flexibility index (Phi) is 4.60. The van der Waals surface area contributed by atoms with Crippen LogP contribution in [0, 0.1) is 11.7 Å². The second-order valence-electron chi connectivity index (χ2n) is 6.82. The van der Waals surface area contributed by atoms with Crippen LogP contribution in [0.5, 0.6) is 0 Å². The van der Waals surface area contributed by atoms with Gasteiger partial charge in [0.25, 0.3) is 0 Å². The molecule has 1 aromatic heterocycles. The summed E-state index contributed by atoms with van der Waals surface area (Å²) in [5, 5.41) is 20.6. The highest BCUT2D eigenvalue weighted by Gasteiger charge is 2.64. The standard InChI is InChI=1S/C16H16FNO6S2/c1-16(2)11(15(23)24)18-12(20)6(13(18)26-16)3-9(19)10(14(21)22)7-4-25-5-8(7)17/h4-6,10-11,13H,3H2,1-2H3,(H,21,22)(H,23,24)/t6-,10-,11+,13-/m1/s1. The minimum absolute atomic E-state index is 0.209. The lowest BCUT2D eigenvalue weighted by Crippen LogP contribution is -2.63. The maximum absolute atomic E-state index is 13.7. The molecule has 2 fully saturated rings. The molecule has 2 aliphatic rings. The zero-order valence-electron chi connectivity index (χ0n) is 13.8. The van der Waals surface area contributed by atoms with Crippen molar-refractivity contribution in [2.24, 2.45) is 5.92 Å². The SMILES string of the molecule is CC1(C)S[C@@H]2[C@H](CC(=O)[C@H](C(=O)O)c3cscc3F)C(=O)N2[C@H]1C(=O)O. The Bertz CT molecular complexity index is 806. The van der Waals surface area contributed by atoms with Gasteiger partial charge in [-0.15, -0.1) is 23.1 Å². The van der Waals surface area contributed by atoms with E-state index in [0.29, 0.717) is 0 Å². The van der Waals surface area contributed by atoms with Crippen molar-refractivity contribution in [3.63, 3.8) is 0 Å². The fraction of sp³-hybridized carbons (Fsp3) is 0.500. The van der Waals surface area contributed by atoms with Crippen molar-refractivity contribution >= 4 is 46.7 Å². The van der Waals surface area contributed by atoms with Crippen LogP contribution in [0.2, 0.25) is 0 Å². The van der Waals surface area contributed by atoms with Crippen LogP contribution in [-0.2, 0) is 19.2 Å². The van der Waals surface area contributed by atoms with Gasteiger partial charge in [-0.2, -0.15) is 0 Å². The minimum Gasteiger partial charge on any atom is -0.480 e. The number of β-lactam (4-membered cyclic amide) rings is 1. The molecule has 0 radical (unpaired) electrons. The molecule has 0 aromatic carbocycles. The normalized spacial score (nSPS) is 27.6. The number of hydrogen-bond donors (Lipinski definition) is 2. The molecule has 0 unspecified atom stereocenters. The van der Waals surface area contributed by atoms with Gasteiger partial charge in [0, 0.05) is 22.1 Å². The third kappa shape index (κ3) is 2.81. The van der Waals surface area contributed by atoms with Gasteiger partial charge in [0.1, 0.15) is 17.8 Å². The van der Waals surface area contributed by atoms with E-state index >= 15 is 0 Å². The second-order valence-corrected chi connectivity index (χ2v) is 9.34. The van der Waals surface area contributed by atoms with Crippen LogP contribution in [0.4, 0.5) is 4.39 Å². The summed E-state index contributed by atoms with van der Waals surface area (Å²) in [6.45, 7) is 3.42. The first-order chi connectivity index (χ1) is 12.1. The molecular formula is C16H16FNO6S2. The number of aliphatic carboxylic acids is 2. The van der Waals surface area contributed by atoms with Crippen molar-refractivity contribution in [3.8, 4) is 0 Å². The van der Waals surface area contributed by atoms with Gasteiger partial charge in [-0.1, -0.05) is 0 Å². The first kappa shape index (κ1) is 18.8. The van der Waals surface area contributed by atoms with Crippen molar-refractivity contribution in [2.45, 2.75) is 42.3 Å². The molecule has 1 amide bonds.